The Kier molecular flexibility index (Phi) is 6.63. The second-order valence-electron chi connectivity index (χ2n) is 6.21. The number of rotatable bonds is 8. The first kappa shape index (κ1) is 19.4. The fourth-order valence-corrected chi connectivity index (χ4v) is 2.83. The van der Waals surface area contributed by atoms with Crippen LogP contribution in [0.2, 0.25) is 0 Å². The Labute approximate surface area is 165 Å². The molecule has 3 rings (SSSR count). The summed E-state index contributed by atoms with van der Waals surface area (Å²) in [7, 11) is 0. The number of aromatic nitrogens is 1. The smallest absolute Gasteiger partial charge is 0.255 e. The largest absolute Gasteiger partial charge is 0.490 e. The van der Waals surface area contributed by atoms with Crippen LogP contribution in [0, 0.1) is 0 Å². The molecule has 5 heteroatoms. The molecule has 0 saturated carbocycles. The summed E-state index contributed by atoms with van der Waals surface area (Å²) in [6.07, 6.45) is 4.33. The molecule has 0 aliphatic rings. The van der Waals surface area contributed by atoms with Crippen LogP contribution >= 0.6 is 0 Å². The van der Waals surface area contributed by atoms with Gasteiger partial charge in [0.05, 0.1) is 6.61 Å². The molecule has 5 nitrogen and oxygen atoms in total. The van der Waals surface area contributed by atoms with E-state index >= 15 is 0 Å². The Balaban J connectivity index is 1.76. The standard InChI is InChI=1S/C23H24N2O3/c1-3-18-9-5-6-10-20(18)25-23(26)19-11-12-21(22(14-19)27-4-2)28-16-17-8-7-13-24-15-17/h5-15H,3-4,16H2,1-2H3,(H,25,26). The number of amides is 1. The van der Waals surface area contributed by atoms with Crippen molar-refractivity contribution in [2.45, 2.75) is 26.9 Å². The summed E-state index contributed by atoms with van der Waals surface area (Å²) in [4.78, 5) is 16.8. The van der Waals surface area contributed by atoms with Gasteiger partial charge in [-0.2, -0.15) is 0 Å². The molecule has 0 atom stereocenters. The van der Waals surface area contributed by atoms with Gasteiger partial charge in [0.15, 0.2) is 11.5 Å². The zero-order valence-corrected chi connectivity index (χ0v) is 16.1. The van der Waals surface area contributed by atoms with Crippen LogP contribution < -0.4 is 14.8 Å². The summed E-state index contributed by atoms with van der Waals surface area (Å²) in [6, 6.07) is 16.8. The molecule has 0 spiro atoms. The number of ether oxygens (including phenoxy) is 2. The number of aryl methyl sites for hydroxylation is 1. The fraction of sp³-hybridized carbons (Fsp3) is 0.217. The van der Waals surface area contributed by atoms with E-state index in [9.17, 15) is 4.79 Å². The lowest BCUT2D eigenvalue weighted by molar-refractivity contribution is 0.102. The normalized spacial score (nSPS) is 10.4. The molecule has 28 heavy (non-hydrogen) atoms. The van der Waals surface area contributed by atoms with Crippen LogP contribution in [0.1, 0.15) is 35.3 Å². The molecule has 0 fully saturated rings. The topological polar surface area (TPSA) is 60.5 Å². The monoisotopic (exact) mass is 376 g/mol. The zero-order valence-electron chi connectivity index (χ0n) is 16.1. The molecule has 3 aromatic rings. The van der Waals surface area contributed by atoms with Gasteiger partial charge in [-0.1, -0.05) is 31.2 Å². The van der Waals surface area contributed by atoms with Gasteiger partial charge >= 0.3 is 0 Å². The predicted molar refractivity (Wildman–Crippen MR) is 110 cm³/mol. The van der Waals surface area contributed by atoms with Crippen LogP contribution in [0.5, 0.6) is 11.5 Å². The molecule has 0 aliphatic heterocycles. The van der Waals surface area contributed by atoms with Crippen LogP contribution in [-0.2, 0) is 13.0 Å². The van der Waals surface area contributed by atoms with E-state index in [1.165, 1.54) is 0 Å². The quantitative estimate of drug-likeness (QED) is 0.609. The fourth-order valence-electron chi connectivity index (χ4n) is 2.83. The molecular formula is C23H24N2O3. The Bertz CT molecular complexity index is 926. The molecule has 1 amide bonds. The van der Waals surface area contributed by atoms with E-state index in [2.05, 4.69) is 17.2 Å². The number of nitrogens with zero attached hydrogens (tertiary/aromatic N) is 1. The summed E-state index contributed by atoms with van der Waals surface area (Å²) in [5.74, 6) is 0.958. The van der Waals surface area contributed by atoms with Crippen LogP contribution in [0.4, 0.5) is 5.69 Å². The molecule has 144 valence electrons. The first-order valence-electron chi connectivity index (χ1n) is 9.39. The highest BCUT2D eigenvalue weighted by molar-refractivity contribution is 6.05. The van der Waals surface area contributed by atoms with E-state index in [1.807, 2.05) is 43.3 Å². The van der Waals surface area contributed by atoms with Crippen LogP contribution in [-0.4, -0.2) is 17.5 Å². The molecule has 0 radical (unpaired) electrons. The van der Waals surface area contributed by atoms with Gasteiger partial charge < -0.3 is 14.8 Å². The number of nitrogens with one attached hydrogen (secondary N) is 1. The highest BCUT2D eigenvalue weighted by atomic mass is 16.5. The van der Waals surface area contributed by atoms with Gasteiger partial charge in [-0.25, -0.2) is 0 Å². The van der Waals surface area contributed by atoms with Crippen molar-refractivity contribution in [2.75, 3.05) is 11.9 Å². The van der Waals surface area contributed by atoms with E-state index in [4.69, 9.17) is 9.47 Å². The number of pyridine rings is 1. The summed E-state index contributed by atoms with van der Waals surface area (Å²) in [5.41, 5.74) is 3.40. The van der Waals surface area contributed by atoms with Gasteiger partial charge in [-0.05, 0) is 49.2 Å². The minimum atomic E-state index is -0.180. The lowest BCUT2D eigenvalue weighted by Crippen LogP contribution is -2.13. The number of carbonyl (C=O) groups is 1. The number of hydrogen-bond acceptors (Lipinski definition) is 4. The number of para-hydroxylation sites is 1. The van der Waals surface area contributed by atoms with Crippen LogP contribution in [0.15, 0.2) is 67.0 Å². The summed E-state index contributed by atoms with van der Waals surface area (Å²) in [6.45, 7) is 4.82. The average Bonchev–Trinajstić information content (AvgIpc) is 2.74. The molecule has 0 bridgehead atoms. The van der Waals surface area contributed by atoms with E-state index < -0.39 is 0 Å². The third kappa shape index (κ3) is 4.88. The van der Waals surface area contributed by atoms with Crippen molar-refractivity contribution in [1.29, 1.82) is 0 Å². The molecule has 0 unspecified atom stereocenters. The van der Waals surface area contributed by atoms with E-state index in [0.29, 0.717) is 30.3 Å². The SMILES string of the molecule is CCOc1cc(C(=O)Nc2ccccc2CC)ccc1OCc1cccnc1. The Hall–Kier alpha value is -3.34. The minimum absolute atomic E-state index is 0.180. The third-order valence-corrected chi connectivity index (χ3v) is 4.27. The Morgan fingerprint density at radius 1 is 1.00 bits per heavy atom. The number of carbonyl (C=O) groups excluding carboxylic acids is 1. The molecule has 0 saturated heterocycles. The van der Waals surface area contributed by atoms with Gasteiger partial charge in [0, 0.05) is 29.2 Å². The van der Waals surface area contributed by atoms with Crippen molar-refractivity contribution in [3.05, 3.63) is 83.7 Å². The highest BCUT2D eigenvalue weighted by Crippen LogP contribution is 2.30. The second-order valence-corrected chi connectivity index (χ2v) is 6.21. The first-order chi connectivity index (χ1) is 13.7. The first-order valence-corrected chi connectivity index (χ1v) is 9.39. The third-order valence-electron chi connectivity index (χ3n) is 4.27. The van der Waals surface area contributed by atoms with Gasteiger partial charge in [0.2, 0.25) is 0 Å². The van der Waals surface area contributed by atoms with Crippen LogP contribution in [0.25, 0.3) is 0 Å². The molecule has 1 N–H and O–H groups in total. The number of hydrogen-bond donors (Lipinski definition) is 1. The van der Waals surface area contributed by atoms with Crippen molar-refractivity contribution in [1.82, 2.24) is 4.98 Å². The van der Waals surface area contributed by atoms with Crippen molar-refractivity contribution < 1.29 is 14.3 Å². The number of benzene rings is 2. The average molecular weight is 376 g/mol. The maximum absolute atomic E-state index is 12.7. The van der Waals surface area contributed by atoms with Crippen LogP contribution in [0.3, 0.4) is 0 Å². The van der Waals surface area contributed by atoms with E-state index in [1.54, 1.807) is 30.6 Å². The van der Waals surface area contributed by atoms with Crippen molar-refractivity contribution in [3.63, 3.8) is 0 Å². The molecular weight excluding hydrogens is 352 g/mol. The Morgan fingerprint density at radius 2 is 1.86 bits per heavy atom. The predicted octanol–water partition coefficient (Wildman–Crippen LogP) is 4.87. The van der Waals surface area contributed by atoms with Crippen molar-refractivity contribution in [3.8, 4) is 11.5 Å². The molecule has 1 aromatic heterocycles. The lowest BCUT2D eigenvalue weighted by Gasteiger charge is -2.14. The van der Waals surface area contributed by atoms with E-state index in [-0.39, 0.29) is 5.91 Å². The number of anilines is 1. The Morgan fingerprint density at radius 3 is 2.61 bits per heavy atom. The lowest BCUT2D eigenvalue weighted by atomic mass is 10.1. The molecule has 2 aromatic carbocycles. The van der Waals surface area contributed by atoms with Crippen molar-refractivity contribution >= 4 is 11.6 Å². The van der Waals surface area contributed by atoms with E-state index in [0.717, 1.165) is 23.2 Å². The maximum Gasteiger partial charge on any atom is 0.255 e. The summed E-state index contributed by atoms with van der Waals surface area (Å²) >= 11 is 0. The summed E-state index contributed by atoms with van der Waals surface area (Å²) in [5, 5.41) is 2.98. The van der Waals surface area contributed by atoms with Gasteiger partial charge in [0.25, 0.3) is 5.91 Å². The van der Waals surface area contributed by atoms with Gasteiger partial charge in [-0.3, -0.25) is 9.78 Å². The second kappa shape index (κ2) is 9.55. The van der Waals surface area contributed by atoms with Gasteiger partial charge in [-0.15, -0.1) is 0 Å². The molecule has 0 aliphatic carbocycles. The molecule has 1 heterocycles. The maximum atomic E-state index is 12.7. The zero-order chi connectivity index (χ0) is 19.8. The van der Waals surface area contributed by atoms with Crippen molar-refractivity contribution in [2.24, 2.45) is 0 Å². The van der Waals surface area contributed by atoms with Gasteiger partial charge in [0.1, 0.15) is 6.61 Å². The highest BCUT2D eigenvalue weighted by Gasteiger charge is 2.13. The minimum Gasteiger partial charge on any atom is -0.490 e. The summed E-state index contributed by atoms with van der Waals surface area (Å²) < 4.78 is 11.6.